The zero-order valence-corrected chi connectivity index (χ0v) is 11.9. The van der Waals surface area contributed by atoms with Gasteiger partial charge in [-0.25, -0.2) is 0 Å². The van der Waals surface area contributed by atoms with Gasteiger partial charge in [0.1, 0.15) is 0 Å². The van der Waals surface area contributed by atoms with Crippen molar-refractivity contribution in [3.8, 4) is 0 Å². The molecule has 0 saturated carbocycles. The summed E-state index contributed by atoms with van der Waals surface area (Å²) in [7, 11) is 1.34. The van der Waals surface area contributed by atoms with E-state index in [1.165, 1.54) is 7.11 Å². The van der Waals surface area contributed by atoms with Crippen molar-refractivity contribution < 1.29 is 14.3 Å². The van der Waals surface area contributed by atoms with Crippen LogP contribution in [0.25, 0.3) is 0 Å². The highest BCUT2D eigenvalue weighted by atomic mass is 16.5. The molecule has 5 nitrogen and oxygen atoms in total. The SMILES string of the molecule is COC(=O)CC1NCC(C)(C)CN(C(C)C)C1=O. The minimum Gasteiger partial charge on any atom is -0.469 e. The Kier molecular flexibility index (Phi) is 4.73. The fraction of sp³-hybridized carbons (Fsp3) is 0.846. The van der Waals surface area contributed by atoms with Crippen LogP contribution in [0.5, 0.6) is 0 Å². The van der Waals surface area contributed by atoms with Crippen LogP contribution in [0.3, 0.4) is 0 Å². The van der Waals surface area contributed by atoms with Crippen molar-refractivity contribution in [2.75, 3.05) is 20.2 Å². The minimum absolute atomic E-state index is 0.00476. The van der Waals surface area contributed by atoms with E-state index in [0.717, 1.165) is 0 Å². The van der Waals surface area contributed by atoms with Crippen LogP contribution in [0.15, 0.2) is 0 Å². The molecule has 0 aromatic rings. The Balaban J connectivity index is 2.86. The molecule has 1 rings (SSSR count). The lowest BCUT2D eigenvalue weighted by Crippen LogP contribution is -2.47. The van der Waals surface area contributed by atoms with Crippen LogP contribution < -0.4 is 5.32 Å². The van der Waals surface area contributed by atoms with E-state index in [1.54, 1.807) is 0 Å². The highest BCUT2D eigenvalue weighted by Gasteiger charge is 2.36. The largest absolute Gasteiger partial charge is 0.469 e. The van der Waals surface area contributed by atoms with E-state index in [9.17, 15) is 9.59 Å². The summed E-state index contributed by atoms with van der Waals surface area (Å²) in [6, 6.07) is -0.335. The van der Waals surface area contributed by atoms with Crippen molar-refractivity contribution >= 4 is 11.9 Å². The molecule has 0 bridgehead atoms. The van der Waals surface area contributed by atoms with E-state index in [4.69, 9.17) is 0 Å². The zero-order valence-electron chi connectivity index (χ0n) is 11.9. The van der Waals surface area contributed by atoms with Crippen molar-refractivity contribution in [2.24, 2.45) is 5.41 Å². The number of ether oxygens (including phenoxy) is 1. The van der Waals surface area contributed by atoms with Crippen molar-refractivity contribution in [3.05, 3.63) is 0 Å². The van der Waals surface area contributed by atoms with Gasteiger partial charge < -0.3 is 15.0 Å². The second-order valence-corrected chi connectivity index (χ2v) is 5.94. The normalized spacial score (nSPS) is 24.0. The monoisotopic (exact) mass is 256 g/mol. The molecule has 1 heterocycles. The highest BCUT2D eigenvalue weighted by molar-refractivity contribution is 5.87. The number of methoxy groups -OCH3 is 1. The first-order valence-corrected chi connectivity index (χ1v) is 6.37. The molecular formula is C13H24N2O3. The minimum atomic E-state index is -0.471. The van der Waals surface area contributed by atoms with Gasteiger partial charge in [0.15, 0.2) is 0 Å². The van der Waals surface area contributed by atoms with Crippen LogP contribution in [0.2, 0.25) is 0 Å². The first-order chi connectivity index (χ1) is 8.26. The summed E-state index contributed by atoms with van der Waals surface area (Å²) < 4.78 is 4.64. The van der Waals surface area contributed by atoms with Crippen molar-refractivity contribution in [1.29, 1.82) is 0 Å². The third-order valence-electron chi connectivity index (χ3n) is 3.23. The first kappa shape index (κ1) is 15.0. The predicted molar refractivity (Wildman–Crippen MR) is 69.1 cm³/mol. The van der Waals surface area contributed by atoms with Gasteiger partial charge in [0, 0.05) is 19.1 Å². The average molecular weight is 256 g/mol. The topological polar surface area (TPSA) is 58.6 Å². The predicted octanol–water partition coefficient (Wildman–Crippen LogP) is 0.784. The summed E-state index contributed by atoms with van der Waals surface area (Å²) in [5, 5.41) is 3.18. The molecule has 18 heavy (non-hydrogen) atoms. The van der Waals surface area contributed by atoms with E-state index in [1.807, 2.05) is 18.7 Å². The smallest absolute Gasteiger partial charge is 0.307 e. The van der Waals surface area contributed by atoms with Gasteiger partial charge >= 0.3 is 5.97 Å². The number of carbonyl (C=O) groups excluding carboxylic acids is 2. The van der Waals surface area contributed by atoms with Gasteiger partial charge in [0.25, 0.3) is 0 Å². The maximum absolute atomic E-state index is 12.4. The van der Waals surface area contributed by atoms with Gasteiger partial charge in [0.2, 0.25) is 5.91 Å². The Morgan fingerprint density at radius 3 is 2.67 bits per heavy atom. The molecule has 5 heteroatoms. The first-order valence-electron chi connectivity index (χ1n) is 6.37. The molecule has 1 atom stereocenters. The summed E-state index contributed by atoms with van der Waals surface area (Å²) in [5.74, 6) is -0.370. The van der Waals surface area contributed by atoms with Crippen molar-refractivity contribution in [3.63, 3.8) is 0 Å². The lowest BCUT2D eigenvalue weighted by Gasteiger charge is -2.32. The summed E-state index contributed by atoms with van der Waals surface area (Å²) in [5.41, 5.74) is 0.00476. The maximum atomic E-state index is 12.4. The molecule has 0 aromatic heterocycles. The van der Waals surface area contributed by atoms with Gasteiger partial charge in [-0.05, 0) is 19.3 Å². The van der Waals surface area contributed by atoms with Crippen LogP contribution in [0, 0.1) is 5.41 Å². The van der Waals surface area contributed by atoms with Crippen LogP contribution in [-0.2, 0) is 14.3 Å². The Labute approximate surface area is 109 Å². The molecule has 0 aromatic carbocycles. The quantitative estimate of drug-likeness (QED) is 0.758. The Bertz CT molecular complexity index is 326. The zero-order chi connectivity index (χ0) is 13.9. The van der Waals surface area contributed by atoms with Crippen molar-refractivity contribution in [1.82, 2.24) is 10.2 Å². The third kappa shape index (κ3) is 3.70. The molecule has 1 N–H and O–H groups in total. The molecule has 1 amide bonds. The van der Waals surface area contributed by atoms with Crippen LogP contribution in [0.4, 0.5) is 0 Å². The molecule has 1 saturated heterocycles. The molecule has 1 fully saturated rings. The molecule has 1 aliphatic heterocycles. The number of hydrogen-bond donors (Lipinski definition) is 1. The molecular weight excluding hydrogens is 232 g/mol. The van der Waals surface area contributed by atoms with Crippen molar-refractivity contribution in [2.45, 2.75) is 46.2 Å². The van der Waals surface area contributed by atoms with E-state index >= 15 is 0 Å². The second-order valence-electron chi connectivity index (χ2n) is 5.94. The number of nitrogens with one attached hydrogen (secondary N) is 1. The van der Waals surface area contributed by atoms with E-state index in [-0.39, 0.29) is 29.8 Å². The second kappa shape index (κ2) is 5.69. The summed E-state index contributed by atoms with van der Waals surface area (Å²) in [6.07, 6.45) is 0.0919. The third-order valence-corrected chi connectivity index (χ3v) is 3.23. The van der Waals surface area contributed by atoms with Crippen LogP contribution in [0.1, 0.15) is 34.1 Å². The number of rotatable bonds is 3. The van der Waals surface area contributed by atoms with E-state index < -0.39 is 6.04 Å². The summed E-state index contributed by atoms with van der Waals surface area (Å²) in [6.45, 7) is 9.63. The maximum Gasteiger partial charge on any atom is 0.307 e. The lowest BCUT2D eigenvalue weighted by atomic mass is 9.93. The van der Waals surface area contributed by atoms with Gasteiger partial charge in [-0.1, -0.05) is 13.8 Å². The molecule has 1 unspecified atom stereocenters. The van der Waals surface area contributed by atoms with E-state index in [0.29, 0.717) is 13.1 Å². The van der Waals surface area contributed by atoms with Crippen LogP contribution >= 0.6 is 0 Å². The molecule has 0 aliphatic carbocycles. The van der Waals surface area contributed by atoms with Gasteiger partial charge in [-0.2, -0.15) is 0 Å². The Morgan fingerprint density at radius 2 is 2.17 bits per heavy atom. The number of esters is 1. The molecule has 1 aliphatic rings. The fourth-order valence-corrected chi connectivity index (χ4v) is 2.13. The van der Waals surface area contributed by atoms with Crippen LogP contribution in [-0.4, -0.2) is 49.1 Å². The lowest BCUT2D eigenvalue weighted by molar-refractivity contribution is -0.145. The summed E-state index contributed by atoms with van der Waals surface area (Å²) >= 11 is 0. The number of amides is 1. The Hall–Kier alpha value is -1.10. The Morgan fingerprint density at radius 1 is 1.56 bits per heavy atom. The van der Waals surface area contributed by atoms with Gasteiger partial charge in [0.05, 0.1) is 19.6 Å². The molecule has 104 valence electrons. The number of carbonyl (C=O) groups is 2. The number of hydrogen-bond acceptors (Lipinski definition) is 4. The summed E-state index contributed by atoms with van der Waals surface area (Å²) in [4.78, 5) is 25.6. The van der Waals surface area contributed by atoms with E-state index in [2.05, 4.69) is 23.9 Å². The highest BCUT2D eigenvalue weighted by Crippen LogP contribution is 2.22. The molecule has 0 spiro atoms. The fourth-order valence-electron chi connectivity index (χ4n) is 2.13. The average Bonchev–Trinajstić information content (AvgIpc) is 2.39. The van der Waals surface area contributed by atoms with Gasteiger partial charge in [-0.15, -0.1) is 0 Å². The number of nitrogens with zero attached hydrogens (tertiary/aromatic N) is 1. The standard InChI is InChI=1S/C13H24N2O3/c1-9(2)15-8-13(3,4)7-14-10(12(15)17)6-11(16)18-5/h9-10,14H,6-8H2,1-5H3. The molecule has 0 radical (unpaired) electrons. The van der Waals surface area contributed by atoms with Gasteiger partial charge in [-0.3, -0.25) is 9.59 Å².